The lowest BCUT2D eigenvalue weighted by Crippen LogP contribution is -2.43. The normalized spacial score (nSPS) is 16.4. The molecular weight excluding hydrogens is 434 g/mol. The number of aryl methyl sites for hydroxylation is 1. The van der Waals surface area contributed by atoms with Gasteiger partial charge in [0, 0.05) is 12.0 Å². The number of benzene rings is 4. The standard InChI is InChI=1S/C29H24F2O3/c1-32-25-16-17-27-26(19-25)29(21-8-12-23(30)13-9-21,22-10-14-24(31)15-11-22)34-28(33-27)18-7-20-5-3-2-4-6-20/h2-6,8-17,19,28H,7,18H2,1H3. The van der Waals surface area contributed by atoms with Crippen molar-refractivity contribution in [3.8, 4) is 11.5 Å². The maximum atomic E-state index is 13.9. The molecule has 4 aromatic carbocycles. The van der Waals surface area contributed by atoms with Crippen LogP contribution in [0.1, 0.15) is 28.7 Å². The maximum Gasteiger partial charge on any atom is 0.201 e. The van der Waals surface area contributed by atoms with Crippen molar-refractivity contribution in [3.63, 3.8) is 0 Å². The van der Waals surface area contributed by atoms with E-state index in [1.807, 2.05) is 36.4 Å². The van der Waals surface area contributed by atoms with Crippen LogP contribution in [-0.4, -0.2) is 13.4 Å². The Hall–Kier alpha value is -3.70. The van der Waals surface area contributed by atoms with Crippen molar-refractivity contribution < 1.29 is 23.0 Å². The summed E-state index contributed by atoms with van der Waals surface area (Å²) in [6.45, 7) is 0. The molecule has 0 aromatic heterocycles. The topological polar surface area (TPSA) is 27.7 Å². The zero-order chi connectivity index (χ0) is 23.5. The molecule has 1 atom stereocenters. The highest BCUT2D eigenvalue weighted by molar-refractivity contribution is 5.56. The van der Waals surface area contributed by atoms with Crippen molar-refractivity contribution in [2.24, 2.45) is 0 Å². The van der Waals surface area contributed by atoms with Gasteiger partial charge in [0.2, 0.25) is 6.29 Å². The summed E-state index contributed by atoms with van der Waals surface area (Å²) in [4.78, 5) is 0. The Morgan fingerprint density at radius 2 is 1.41 bits per heavy atom. The van der Waals surface area contributed by atoms with E-state index in [0.717, 1.165) is 6.42 Å². The predicted molar refractivity (Wildman–Crippen MR) is 126 cm³/mol. The van der Waals surface area contributed by atoms with Gasteiger partial charge in [0.05, 0.1) is 7.11 Å². The molecule has 5 heteroatoms. The van der Waals surface area contributed by atoms with Crippen molar-refractivity contribution in [1.29, 1.82) is 0 Å². The van der Waals surface area contributed by atoms with E-state index in [4.69, 9.17) is 14.2 Å². The fourth-order valence-corrected chi connectivity index (χ4v) is 4.47. The SMILES string of the molecule is COc1ccc2c(c1)C(c1ccc(F)cc1)(c1ccc(F)cc1)OC(CCc1ccccc1)O2. The lowest BCUT2D eigenvalue weighted by atomic mass is 9.78. The second-order valence-corrected chi connectivity index (χ2v) is 8.25. The molecule has 0 radical (unpaired) electrons. The van der Waals surface area contributed by atoms with Gasteiger partial charge in [-0.05, 0) is 65.6 Å². The third-order valence-electron chi connectivity index (χ3n) is 6.15. The molecule has 0 spiro atoms. The Balaban J connectivity index is 1.66. The molecule has 3 nitrogen and oxygen atoms in total. The summed E-state index contributed by atoms with van der Waals surface area (Å²) in [5.41, 5.74) is 2.15. The molecule has 0 saturated carbocycles. The zero-order valence-electron chi connectivity index (χ0n) is 18.7. The molecular formula is C29H24F2O3. The minimum Gasteiger partial charge on any atom is -0.497 e. The van der Waals surface area contributed by atoms with E-state index in [-0.39, 0.29) is 11.6 Å². The highest BCUT2D eigenvalue weighted by Crippen LogP contribution is 2.50. The Morgan fingerprint density at radius 1 is 0.794 bits per heavy atom. The summed E-state index contributed by atoms with van der Waals surface area (Å²) in [5, 5.41) is 0. The molecule has 0 amide bonds. The summed E-state index contributed by atoms with van der Waals surface area (Å²) in [6, 6.07) is 28.0. The summed E-state index contributed by atoms with van der Waals surface area (Å²) < 4.78 is 46.3. The Bertz CT molecular complexity index is 1210. The van der Waals surface area contributed by atoms with Crippen LogP contribution in [0.25, 0.3) is 0 Å². The lowest BCUT2D eigenvalue weighted by Gasteiger charge is -2.43. The van der Waals surface area contributed by atoms with Gasteiger partial charge in [-0.2, -0.15) is 0 Å². The first-order valence-corrected chi connectivity index (χ1v) is 11.2. The van der Waals surface area contributed by atoms with Crippen LogP contribution in [0.5, 0.6) is 11.5 Å². The number of fused-ring (bicyclic) bond motifs is 1. The average molecular weight is 459 g/mol. The third kappa shape index (κ3) is 4.15. The maximum absolute atomic E-state index is 13.9. The largest absolute Gasteiger partial charge is 0.497 e. The molecule has 172 valence electrons. The second kappa shape index (κ2) is 9.27. The minimum atomic E-state index is -1.15. The Morgan fingerprint density at radius 3 is 2.00 bits per heavy atom. The molecule has 1 aliphatic rings. The van der Waals surface area contributed by atoms with E-state index < -0.39 is 11.9 Å². The van der Waals surface area contributed by atoms with Crippen molar-refractivity contribution in [2.75, 3.05) is 7.11 Å². The summed E-state index contributed by atoms with van der Waals surface area (Å²) in [6.07, 6.45) is 0.760. The van der Waals surface area contributed by atoms with Gasteiger partial charge in [-0.25, -0.2) is 8.78 Å². The molecule has 4 aromatic rings. The first-order valence-electron chi connectivity index (χ1n) is 11.2. The smallest absolute Gasteiger partial charge is 0.201 e. The number of halogens is 2. The Labute approximate surface area is 197 Å². The number of rotatable bonds is 6. The van der Waals surface area contributed by atoms with Gasteiger partial charge in [0.25, 0.3) is 0 Å². The number of hydrogen-bond acceptors (Lipinski definition) is 3. The van der Waals surface area contributed by atoms with Crippen LogP contribution >= 0.6 is 0 Å². The fourth-order valence-electron chi connectivity index (χ4n) is 4.47. The molecule has 1 heterocycles. The molecule has 0 saturated heterocycles. The highest BCUT2D eigenvalue weighted by Gasteiger charge is 2.46. The van der Waals surface area contributed by atoms with Gasteiger partial charge in [-0.3, -0.25) is 0 Å². The second-order valence-electron chi connectivity index (χ2n) is 8.25. The van der Waals surface area contributed by atoms with Crippen LogP contribution in [-0.2, 0) is 16.8 Å². The summed E-state index contributed by atoms with van der Waals surface area (Å²) in [7, 11) is 1.59. The highest BCUT2D eigenvalue weighted by atomic mass is 19.1. The van der Waals surface area contributed by atoms with E-state index in [1.54, 1.807) is 31.4 Å². The van der Waals surface area contributed by atoms with E-state index in [2.05, 4.69) is 12.1 Å². The van der Waals surface area contributed by atoms with Crippen LogP contribution in [0.4, 0.5) is 8.78 Å². The van der Waals surface area contributed by atoms with Gasteiger partial charge in [0.1, 0.15) is 23.1 Å². The van der Waals surface area contributed by atoms with Crippen LogP contribution in [0.2, 0.25) is 0 Å². The molecule has 0 bridgehead atoms. The zero-order valence-corrected chi connectivity index (χ0v) is 18.7. The van der Waals surface area contributed by atoms with E-state index in [0.29, 0.717) is 34.6 Å². The number of hydrogen-bond donors (Lipinski definition) is 0. The quantitative estimate of drug-likeness (QED) is 0.324. The third-order valence-corrected chi connectivity index (χ3v) is 6.15. The van der Waals surface area contributed by atoms with E-state index >= 15 is 0 Å². The van der Waals surface area contributed by atoms with Crippen molar-refractivity contribution in [1.82, 2.24) is 0 Å². The molecule has 34 heavy (non-hydrogen) atoms. The average Bonchev–Trinajstić information content (AvgIpc) is 2.88. The van der Waals surface area contributed by atoms with Crippen LogP contribution in [0.3, 0.4) is 0 Å². The van der Waals surface area contributed by atoms with Crippen LogP contribution in [0, 0.1) is 11.6 Å². The van der Waals surface area contributed by atoms with Crippen LogP contribution in [0.15, 0.2) is 97.1 Å². The molecule has 1 unspecified atom stereocenters. The van der Waals surface area contributed by atoms with E-state index in [9.17, 15) is 8.78 Å². The monoisotopic (exact) mass is 458 g/mol. The first kappa shape index (κ1) is 22.1. The predicted octanol–water partition coefficient (Wildman–Crippen LogP) is 6.63. The Kier molecular flexibility index (Phi) is 6.03. The van der Waals surface area contributed by atoms with Crippen molar-refractivity contribution in [2.45, 2.75) is 24.7 Å². The van der Waals surface area contributed by atoms with Gasteiger partial charge in [-0.15, -0.1) is 0 Å². The summed E-state index contributed by atoms with van der Waals surface area (Å²) >= 11 is 0. The van der Waals surface area contributed by atoms with Crippen molar-refractivity contribution >= 4 is 0 Å². The molecule has 1 aliphatic heterocycles. The van der Waals surface area contributed by atoms with Gasteiger partial charge in [0.15, 0.2) is 5.60 Å². The lowest BCUT2D eigenvalue weighted by molar-refractivity contribution is -0.165. The molecule has 5 rings (SSSR count). The number of ether oxygens (including phenoxy) is 3. The molecule has 0 fully saturated rings. The van der Waals surface area contributed by atoms with Gasteiger partial charge < -0.3 is 14.2 Å². The van der Waals surface area contributed by atoms with E-state index in [1.165, 1.54) is 29.8 Å². The molecule has 0 aliphatic carbocycles. The summed E-state index contributed by atoms with van der Waals surface area (Å²) in [5.74, 6) is 0.564. The van der Waals surface area contributed by atoms with Gasteiger partial charge >= 0.3 is 0 Å². The molecule has 0 N–H and O–H groups in total. The minimum absolute atomic E-state index is 0.350. The van der Waals surface area contributed by atoms with Crippen molar-refractivity contribution in [3.05, 3.63) is 131 Å². The first-order chi connectivity index (χ1) is 16.6. The number of methoxy groups -OCH3 is 1. The van der Waals surface area contributed by atoms with Gasteiger partial charge in [-0.1, -0.05) is 54.6 Å². The fraction of sp³-hybridized carbons (Fsp3) is 0.172. The van der Waals surface area contributed by atoms with Crippen LogP contribution < -0.4 is 9.47 Å².